The number of hydrogen-bond donors (Lipinski definition) is 0. The number of ether oxygens (including phenoxy) is 2. The Labute approximate surface area is 143 Å². The van der Waals surface area contributed by atoms with E-state index in [-0.39, 0.29) is 5.78 Å². The summed E-state index contributed by atoms with van der Waals surface area (Å²) in [5, 5.41) is 0. The first-order chi connectivity index (χ1) is 11.6. The molecule has 0 amide bonds. The van der Waals surface area contributed by atoms with Gasteiger partial charge in [-0.2, -0.15) is 0 Å². The molecular formula is C20H23NO3. The van der Waals surface area contributed by atoms with E-state index in [9.17, 15) is 4.79 Å². The van der Waals surface area contributed by atoms with Gasteiger partial charge in [0, 0.05) is 23.5 Å². The standard InChI is InChI=1S/C20H23NO3/c1-6-14-10-20(24-5)17(11-19(14)23-4)15(7-2)16-8-9-21-12-18(16)13(3)22/h7-12H,6H2,1-5H3/b15-7+. The third-order valence-electron chi connectivity index (χ3n) is 4.05. The smallest absolute Gasteiger partial charge is 0.161 e. The summed E-state index contributed by atoms with van der Waals surface area (Å²) in [5.41, 5.74) is 4.31. The minimum absolute atomic E-state index is 0.0199. The van der Waals surface area contributed by atoms with Crippen molar-refractivity contribution in [1.29, 1.82) is 0 Å². The highest BCUT2D eigenvalue weighted by molar-refractivity contribution is 6.01. The Hall–Kier alpha value is -2.62. The van der Waals surface area contributed by atoms with E-state index in [4.69, 9.17) is 9.47 Å². The Bertz CT molecular complexity index is 778. The molecule has 0 atom stereocenters. The van der Waals surface area contributed by atoms with Crippen LogP contribution in [0.4, 0.5) is 0 Å². The molecule has 4 heteroatoms. The minimum atomic E-state index is -0.0199. The van der Waals surface area contributed by atoms with Crippen LogP contribution in [0.3, 0.4) is 0 Å². The molecule has 0 saturated heterocycles. The number of aromatic nitrogens is 1. The van der Waals surface area contributed by atoms with Gasteiger partial charge in [-0.25, -0.2) is 0 Å². The maximum Gasteiger partial charge on any atom is 0.161 e. The maximum atomic E-state index is 12.0. The fourth-order valence-electron chi connectivity index (χ4n) is 2.81. The lowest BCUT2D eigenvalue weighted by molar-refractivity contribution is 0.101. The number of methoxy groups -OCH3 is 2. The number of aryl methyl sites for hydroxylation is 1. The van der Waals surface area contributed by atoms with Gasteiger partial charge in [-0.3, -0.25) is 9.78 Å². The topological polar surface area (TPSA) is 48.4 Å². The number of pyridine rings is 1. The number of Topliss-reactive ketones (excluding diaryl/α,β-unsaturated/α-hetero) is 1. The molecule has 1 heterocycles. The first-order valence-corrected chi connectivity index (χ1v) is 7.94. The highest BCUT2D eigenvalue weighted by atomic mass is 16.5. The van der Waals surface area contributed by atoms with Crippen molar-refractivity contribution in [1.82, 2.24) is 4.98 Å². The van der Waals surface area contributed by atoms with E-state index in [1.54, 1.807) is 33.5 Å². The van der Waals surface area contributed by atoms with Crippen molar-refractivity contribution in [3.63, 3.8) is 0 Å². The van der Waals surface area contributed by atoms with Crippen molar-refractivity contribution < 1.29 is 14.3 Å². The second-order valence-electron chi connectivity index (χ2n) is 5.40. The number of carbonyl (C=O) groups excluding carboxylic acids is 1. The summed E-state index contributed by atoms with van der Waals surface area (Å²) >= 11 is 0. The van der Waals surface area contributed by atoms with E-state index in [0.29, 0.717) is 5.56 Å². The van der Waals surface area contributed by atoms with Crippen LogP contribution < -0.4 is 9.47 Å². The number of ketones is 1. The molecule has 2 aromatic rings. The Morgan fingerprint density at radius 3 is 2.38 bits per heavy atom. The van der Waals surface area contributed by atoms with Gasteiger partial charge in [0.25, 0.3) is 0 Å². The van der Waals surface area contributed by atoms with E-state index in [1.165, 1.54) is 0 Å². The summed E-state index contributed by atoms with van der Waals surface area (Å²) in [7, 11) is 3.31. The van der Waals surface area contributed by atoms with Crippen LogP contribution >= 0.6 is 0 Å². The van der Waals surface area contributed by atoms with E-state index in [2.05, 4.69) is 11.9 Å². The molecule has 0 radical (unpaired) electrons. The Morgan fingerprint density at radius 2 is 1.83 bits per heavy atom. The van der Waals surface area contributed by atoms with Crippen LogP contribution in [0.1, 0.15) is 47.8 Å². The number of carbonyl (C=O) groups is 1. The van der Waals surface area contributed by atoms with Crippen LogP contribution in [0.2, 0.25) is 0 Å². The molecule has 24 heavy (non-hydrogen) atoms. The fourth-order valence-corrected chi connectivity index (χ4v) is 2.81. The first kappa shape index (κ1) is 17.7. The molecule has 2 rings (SSSR count). The van der Waals surface area contributed by atoms with E-state index in [0.717, 1.165) is 40.2 Å². The normalized spacial score (nSPS) is 11.3. The van der Waals surface area contributed by atoms with Crippen LogP contribution in [-0.2, 0) is 6.42 Å². The molecule has 1 aromatic carbocycles. The zero-order valence-electron chi connectivity index (χ0n) is 14.8. The monoisotopic (exact) mass is 325 g/mol. The molecule has 0 aliphatic rings. The highest BCUT2D eigenvalue weighted by Gasteiger charge is 2.18. The van der Waals surface area contributed by atoms with Crippen LogP contribution in [0.15, 0.2) is 36.7 Å². The van der Waals surface area contributed by atoms with Crippen molar-refractivity contribution in [2.45, 2.75) is 27.2 Å². The molecule has 4 nitrogen and oxygen atoms in total. The zero-order valence-corrected chi connectivity index (χ0v) is 14.8. The molecular weight excluding hydrogens is 302 g/mol. The van der Waals surface area contributed by atoms with Crippen molar-refractivity contribution in [3.05, 3.63) is 58.9 Å². The van der Waals surface area contributed by atoms with Crippen LogP contribution in [0.25, 0.3) is 5.57 Å². The van der Waals surface area contributed by atoms with Crippen molar-refractivity contribution in [2.24, 2.45) is 0 Å². The SMILES string of the molecule is C/C=C(/c1cc(OC)c(CC)cc1OC)c1ccncc1C(C)=O. The van der Waals surface area contributed by atoms with Gasteiger partial charge in [0.05, 0.1) is 14.2 Å². The van der Waals surface area contributed by atoms with Crippen LogP contribution in [-0.4, -0.2) is 25.0 Å². The molecule has 0 spiro atoms. The van der Waals surface area contributed by atoms with Gasteiger partial charge in [-0.1, -0.05) is 13.0 Å². The quantitative estimate of drug-likeness (QED) is 0.742. The average molecular weight is 325 g/mol. The Morgan fingerprint density at radius 1 is 1.12 bits per heavy atom. The van der Waals surface area contributed by atoms with Gasteiger partial charge in [-0.15, -0.1) is 0 Å². The van der Waals surface area contributed by atoms with E-state index >= 15 is 0 Å². The molecule has 0 aliphatic carbocycles. The van der Waals surface area contributed by atoms with Gasteiger partial charge >= 0.3 is 0 Å². The second-order valence-corrected chi connectivity index (χ2v) is 5.40. The molecule has 126 valence electrons. The molecule has 0 unspecified atom stereocenters. The summed E-state index contributed by atoms with van der Waals surface area (Å²) in [6.07, 6.45) is 6.12. The highest BCUT2D eigenvalue weighted by Crippen LogP contribution is 2.37. The lowest BCUT2D eigenvalue weighted by Gasteiger charge is -2.18. The van der Waals surface area contributed by atoms with E-state index < -0.39 is 0 Å². The predicted octanol–water partition coefficient (Wildman–Crippen LogP) is 4.32. The molecule has 0 aliphatic heterocycles. The van der Waals surface area contributed by atoms with E-state index in [1.807, 2.05) is 31.2 Å². The van der Waals surface area contributed by atoms with Crippen molar-refractivity contribution in [3.8, 4) is 11.5 Å². The van der Waals surface area contributed by atoms with Gasteiger partial charge in [-0.05, 0) is 55.2 Å². The third kappa shape index (κ3) is 3.32. The number of allylic oxidation sites excluding steroid dienone is 1. The summed E-state index contributed by atoms with van der Waals surface area (Å²) in [4.78, 5) is 16.0. The Balaban J connectivity index is 2.71. The zero-order chi connectivity index (χ0) is 17.7. The lowest BCUT2D eigenvalue weighted by Crippen LogP contribution is -2.03. The van der Waals surface area contributed by atoms with Crippen molar-refractivity contribution >= 4 is 11.4 Å². The van der Waals surface area contributed by atoms with Crippen LogP contribution in [0, 0.1) is 0 Å². The predicted molar refractivity (Wildman–Crippen MR) is 95.9 cm³/mol. The number of rotatable bonds is 6. The van der Waals surface area contributed by atoms with Gasteiger partial charge in [0.15, 0.2) is 5.78 Å². The first-order valence-electron chi connectivity index (χ1n) is 7.94. The molecule has 0 saturated carbocycles. The summed E-state index contributed by atoms with van der Waals surface area (Å²) in [6, 6.07) is 5.81. The lowest BCUT2D eigenvalue weighted by atomic mass is 9.91. The molecule has 0 N–H and O–H groups in total. The largest absolute Gasteiger partial charge is 0.496 e. The number of hydrogen-bond acceptors (Lipinski definition) is 4. The van der Waals surface area contributed by atoms with Gasteiger partial charge < -0.3 is 9.47 Å². The summed E-state index contributed by atoms with van der Waals surface area (Å²) in [5.74, 6) is 1.55. The summed E-state index contributed by atoms with van der Waals surface area (Å²) in [6.45, 7) is 5.56. The minimum Gasteiger partial charge on any atom is -0.496 e. The Kier molecular flexibility index (Phi) is 5.74. The van der Waals surface area contributed by atoms with Crippen LogP contribution in [0.5, 0.6) is 11.5 Å². The molecule has 0 fully saturated rings. The van der Waals surface area contributed by atoms with Crippen molar-refractivity contribution in [2.75, 3.05) is 14.2 Å². The fraction of sp³-hybridized carbons (Fsp3) is 0.300. The second kappa shape index (κ2) is 7.77. The number of benzene rings is 1. The van der Waals surface area contributed by atoms with Gasteiger partial charge in [0.2, 0.25) is 0 Å². The number of nitrogens with zero attached hydrogens (tertiary/aromatic N) is 1. The third-order valence-corrected chi connectivity index (χ3v) is 4.05. The summed E-state index contributed by atoms with van der Waals surface area (Å²) < 4.78 is 11.1. The average Bonchev–Trinajstić information content (AvgIpc) is 2.62. The van der Waals surface area contributed by atoms with Gasteiger partial charge in [0.1, 0.15) is 11.5 Å². The maximum absolute atomic E-state index is 12.0. The molecule has 1 aromatic heterocycles. The molecule has 0 bridgehead atoms.